The lowest BCUT2D eigenvalue weighted by Crippen LogP contribution is -2.30. The van der Waals surface area contributed by atoms with Crippen LogP contribution in [0.5, 0.6) is 0 Å². The number of rotatable bonds is 10. The Morgan fingerprint density at radius 2 is 2.00 bits per heavy atom. The van der Waals surface area contributed by atoms with Crippen molar-refractivity contribution in [2.45, 2.75) is 64.7 Å². The van der Waals surface area contributed by atoms with Gasteiger partial charge in [0.15, 0.2) is 0 Å². The number of nitrogens with zero attached hydrogens (tertiary/aromatic N) is 1. The monoisotopic (exact) mass is 300 g/mol. The molecule has 4 heteroatoms. The average molecular weight is 301 g/mol. The van der Waals surface area contributed by atoms with Crippen LogP contribution < -0.4 is 0 Å². The summed E-state index contributed by atoms with van der Waals surface area (Å²) in [6.45, 7) is 3.05. The molecule has 1 radical (unpaired) electrons. The first-order valence-electron chi connectivity index (χ1n) is 7.54. The molecule has 0 aromatic heterocycles. The zero-order valence-corrected chi connectivity index (χ0v) is 13.7. The minimum Gasteiger partial charge on any atom is -0.297 e. The molecule has 19 heavy (non-hydrogen) atoms. The van der Waals surface area contributed by atoms with Gasteiger partial charge in [0, 0.05) is 18.7 Å². The Balaban J connectivity index is 1.90. The van der Waals surface area contributed by atoms with Crippen molar-refractivity contribution in [2.75, 3.05) is 12.3 Å². The number of thiocarbonyl (C=S) groups is 1. The number of unbranched alkanes of at least 4 members (excludes halogenated alkanes) is 8. The largest absolute Gasteiger partial charge is 0.297 e. The second-order valence-corrected chi connectivity index (χ2v) is 6.77. The van der Waals surface area contributed by atoms with Gasteiger partial charge in [0.05, 0.1) is 0 Å². The molecule has 1 aliphatic heterocycles. The lowest BCUT2D eigenvalue weighted by atomic mass is 10.1. The molecule has 0 aliphatic carbocycles. The third-order valence-electron chi connectivity index (χ3n) is 3.37. The van der Waals surface area contributed by atoms with E-state index in [-0.39, 0.29) is 5.91 Å². The van der Waals surface area contributed by atoms with E-state index in [4.69, 9.17) is 12.2 Å². The SMILES string of the molecule is CCCCCCC[CH]CCCC(=O)N1CCSC1=S. The molecule has 1 saturated heterocycles. The third-order valence-corrected chi connectivity index (χ3v) is 4.80. The van der Waals surface area contributed by atoms with Crippen molar-refractivity contribution in [3.8, 4) is 0 Å². The number of carbonyl (C=O) groups excluding carboxylic acids is 1. The quantitative estimate of drug-likeness (QED) is 0.435. The van der Waals surface area contributed by atoms with Crippen molar-refractivity contribution < 1.29 is 4.79 Å². The summed E-state index contributed by atoms with van der Waals surface area (Å²) in [7, 11) is 0. The highest BCUT2D eigenvalue weighted by atomic mass is 32.2. The Bertz CT molecular complexity index is 281. The molecule has 0 aromatic carbocycles. The van der Waals surface area contributed by atoms with Crippen molar-refractivity contribution in [3.63, 3.8) is 0 Å². The van der Waals surface area contributed by atoms with E-state index in [0.29, 0.717) is 6.42 Å². The van der Waals surface area contributed by atoms with Crippen LogP contribution in [-0.4, -0.2) is 27.4 Å². The van der Waals surface area contributed by atoms with Gasteiger partial charge in [-0.15, -0.1) is 0 Å². The van der Waals surface area contributed by atoms with Gasteiger partial charge in [-0.3, -0.25) is 9.69 Å². The Hall–Kier alpha value is -0.0900. The molecule has 109 valence electrons. The van der Waals surface area contributed by atoms with Crippen molar-refractivity contribution in [1.29, 1.82) is 0 Å². The van der Waals surface area contributed by atoms with Crippen LogP contribution in [0, 0.1) is 6.42 Å². The molecule has 0 N–H and O–H groups in total. The fourth-order valence-electron chi connectivity index (χ4n) is 2.19. The van der Waals surface area contributed by atoms with E-state index in [1.54, 1.807) is 16.7 Å². The van der Waals surface area contributed by atoms with Crippen LogP contribution >= 0.6 is 24.0 Å². The van der Waals surface area contributed by atoms with E-state index in [2.05, 4.69) is 13.3 Å². The van der Waals surface area contributed by atoms with Gasteiger partial charge in [0.25, 0.3) is 0 Å². The van der Waals surface area contributed by atoms with Crippen LogP contribution in [0.1, 0.15) is 64.7 Å². The van der Waals surface area contributed by atoms with Crippen molar-refractivity contribution >= 4 is 34.2 Å². The summed E-state index contributed by atoms with van der Waals surface area (Å²) in [5.41, 5.74) is 0. The zero-order chi connectivity index (χ0) is 13.9. The highest BCUT2D eigenvalue weighted by Gasteiger charge is 2.23. The second kappa shape index (κ2) is 10.7. The summed E-state index contributed by atoms with van der Waals surface area (Å²) in [4.78, 5) is 13.6. The minimum atomic E-state index is 0.214. The summed E-state index contributed by atoms with van der Waals surface area (Å²) in [6.07, 6.45) is 12.9. The summed E-state index contributed by atoms with van der Waals surface area (Å²) >= 11 is 6.77. The van der Waals surface area contributed by atoms with Gasteiger partial charge >= 0.3 is 0 Å². The van der Waals surface area contributed by atoms with Gasteiger partial charge < -0.3 is 0 Å². The van der Waals surface area contributed by atoms with Gasteiger partial charge in [0.2, 0.25) is 5.91 Å². The van der Waals surface area contributed by atoms with Crippen LogP contribution in [0.4, 0.5) is 0 Å². The Morgan fingerprint density at radius 3 is 2.68 bits per heavy atom. The number of hydrogen-bond acceptors (Lipinski definition) is 3. The molecule has 0 bridgehead atoms. The average Bonchev–Trinajstić information content (AvgIpc) is 2.83. The van der Waals surface area contributed by atoms with Crippen LogP contribution in [0.2, 0.25) is 0 Å². The molecule has 1 rings (SSSR count). The number of hydrogen-bond donors (Lipinski definition) is 0. The van der Waals surface area contributed by atoms with E-state index in [0.717, 1.165) is 29.5 Å². The Kier molecular flexibility index (Phi) is 9.52. The van der Waals surface area contributed by atoms with E-state index in [9.17, 15) is 4.79 Å². The minimum absolute atomic E-state index is 0.214. The summed E-state index contributed by atoms with van der Waals surface area (Å²) < 4.78 is 0.768. The van der Waals surface area contributed by atoms with E-state index >= 15 is 0 Å². The van der Waals surface area contributed by atoms with Gasteiger partial charge in [-0.1, -0.05) is 69.4 Å². The maximum atomic E-state index is 11.9. The highest BCUT2D eigenvalue weighted by molar-refractivity contribution is 8.23. The maximum Gasteiger partial charge on any atom is 0.228 e. The Labute approximate surface area is 127 Å². The van der Waals surface area contributed by atoms with Gasteiger partial charge in [-0.05, 0) is 19.3 Å². The fourth-order valence-corrected chi connectivity index (χ4v) is 3.43. The molecule has 0 saturated carbocycles. The van der Waals surface area contributed by atoms with E-state index in [1.807, 2.05) is 0 Å². The lowest BCUT2D eigenvalue weighted by molar-refractivity contribution is -0.126. The molecule has 0 spiro atoms. The third kappa shape index (κ3) is 7.31. The molecule has 1 fully saturated rings. The maximum absolute atomic E-state index is 11.9. The van der Waals surface area contributed by atoms with Gasteiger partial charge in [-0.2, -0.15) is 0 Å². The topological polar surface area (TPSA) is 20.3 Å². The highest BCUT2D eigenvalue weighted by Crippen LogP contribution is 2.19. The molecule has 0 aromatic rings. The van der Waals surface area contributed by atoms with Gasteiger partial charge in [-0.25, -0.2) is 0 Å². The number of thioether (sulfide) groups is 1. The molecule has 2 nitrogen and oxygen atoms in total. The standard InChI is InChI=1S/C15H26NOS2/c1-2-3-4-5-6-7-8-9-10-11-14(17)16-12-13-19-15(16)18/h8H,2-7,9-13H2,1H3. The van der Waals surface area contributed by atoms with E-state index < -0.39 is 0 Å². The first-order valence-corrected chi connectivity index (χ1v) is 8.94. The van der Waals surface area contributed by atoms with Crippen molar-refractivity contribution in [3.05, 3.63) is 6.42 Å². The summed E-state index contributed by atoms with van der Waals surface area (Å²) in [5.74, 6) is 1.18. The number of amides is 1. The van der Waals surface area contributed by atoms with Crippen molar-refractivity contribution in [2.24, 2.45) is 0 Å². The molecule has 1 heterocycles. The van der Waals surface area contributed by atoms with Crippen molar-refractivity contribution in [1.82, 2.24) is 4.90 Å². The predicted molar refractivity (Wildman–Crippen MR) is 88.3 cm³/mol. The van der Waals surface area contributed by atoms with Crippen LogP contribution in [-0.2, 0) is 4.79 Å². The summed E-state index contributed by atoms with van der Waals surface area (Å²) in [5, 5.41) is 0. The molecule has 1 aliphatic rings. The van der Waals surface area contributed by atoms with E-state index in [1.165, 1.54) is 38.5 Å². The molecule has 0 unspecified atom stereocenters. The molecule has 1 amide bonds. The lowest BCUT2D eigenvalue weighted by Gasteiger charge is -2.14. The Morgan fingerprint density at radius 1 is 1.26 bits per heavy atom. The second-order valence-electron chi connectivity index (χ2n) is 5.04. The fraction of sp³-hybridized carbons (Fsp3) is 0.800. The first-order chi connectivity index (χ1) is 9.25. The van der Waals surface area contributed by atoms with Crippen LogP contribution in [0.25, 0.3) is 0 Å². The van der Waals surface area contributed by atoms with Crippen LogP contribution in [0.3, 0.4) is 0 Å². The summed E-state index contributed by atoms with van der Waals surface area (Å²) in [6, 6.07) is 0. The number of carbonyl (C=O) groups is 1. The van der Waals surface area contributed by atoms with Crippen LogP contribution in [0.15, 0.2) is 0 Å². The molecular formula is C15H26NOS2. The molecule has 0 atom stereocenters. The first kappa shape index (κ1) is 17.0. The smallest absolute Gasteiger partial charge is 0.228 e. The molecular weight excluding hydrogens is 274 g/mol. The zero-order valence-electron chi connectivity index (χ0n) is 12.0. The predicted octanol–water partition coefficient (Wildman–Crippen LogP) is 4.58. The normalized spacial score (nSPS) is 15.2. The van der Waals surface area contributed by atoms with Gasteiger partial charge in [0.1, 0.15) is 4.32 Å².